The van der Waals surface area contributed by atoms with Gasteiger partial charge < -0.3 is 4.74 Å². The molecular formula is C11H14O2. The third-order valence-corrected chi connectivity index (χ3v) is 1.71. The molecule has 0 atom stereocenters. The lowest BCUT2D eigenvalue weighted by molar-refractivity contribution is -0.140. The molecule has 13 heavy (non-hydrogen) atoms. The minimum Gasteiger partial charge on any atom is -0.469 e. The summed E-state index contributed by atoms with van der Waals surface area (Å²) in [5, 5.41) is 0. The van der Waals surface area contributed by atoms with E-state index in [0.717, 1.165) is 5.56 Å². The number of benzene rings is 1. The molecule has 0 spiro atoms. The molecule has 0 radical (unpaired) electrons. The van der Waals surface area contributed by atoms with E-state index in [1.54, 1.807) is 0 Å². The number of ether oxygens (including phenoxy) is 1. The summed E-state index contributed by atoms with van der Waals surface area (Å²) in [6.45, 7) is 0. The van der Waals surface area contributed by atoms with E-state index in [1.165, 1.54) is 7.11 Å². The van der Waals surface area contributed by atoms with Crippen molar-refractivity contribution in [1.29, 1.82) is 0 Å². The molecule has 0 fully saturated rings. The molecule has 0 saturated heterocycles. The fourth-order valence-corrected chi connectivity index (χ4v) is 1.03. The highest BCUT2D eigenvalue weighted by atomic mass is 16.5. The van der Waals surface area contributed by atoms with Crippen LogP contribution in [0, 0.1) is 0 Å². The zero-order valence-electron chi connectivity index (χ0n) is 9.62. The van der Waals surface area contributed by atoms with Gasteiger partial charge in [-0.15, -0.1) is 0 Å². The van der Waals surface area contributed by atoms with E-state index in [1.807, 2.05) is 30.3 Å². The predicted molar refractivity (Wildman–Crippen MR) is 51.4 cm³/mol. The highest BCUT2D eigenvalue weighted by molar-refractivity contribution is 5.69. The Labute approximate surface area is 81.3 Å². The van der Waals surface area contributed by atoms with E-state index in [0.29, 0.717) is 6.42 Å². The Morgan fingerprint density at radius 1 is 1.46 bits per heavy atom. The van der Waals surface area contributed by atoms with Crippen LogP contribution in [0.3, 0.4) is 0 Å². The number of esters is 1. The summed E-state index contributed by atoms with van der Waals surface area (Å²) in [5.74, 6) is -0.807. The summed E-state index contributed by atoms with van der Waals surface area (Å²) in [6.07, 6.45) is -1.22. The fraction of sp³-hybridized carbons (Fsp3) is 0.364. The number of hydrogen-bond acceptors (Lipinski definition) is 2. The second-order valence-corrected chi connectivity index (χ2v) is 2.65. The Hall–Kier alpha value is -1.31. The molecule has 0 aliphatic heterocycles. The second-order valence-electron chi connectivity index (χ2n) is 2.65. The molecule has 0 unspecified atom stereocenters. The van der Waals surface area contributed by atoms with Gasteiger partial charge in [-0.25, -0.2) is 0 Å². The molecule has 0 amide bonds. The van der Waals surface area contributed by atoms with Crippen molar-refractivity contribution < 1.29 is 12.3 Å². The maximum atomic E-state index is 11.1. The number of rotatable bonds is 4. The lowest BCUT2D eigenvalue weighted by Crippen LogP contribution is -2.00. The minimum absolute atomic E-state index is 0.143. The van der Waals surface area contributed by atoms with Gasteiger partial charge in [0.1, 0.15) is 0 Å². The van der Waals surface area contributed by atoms with E-state index in [-0.39, 0.29) is 6.42 Å². The van der Waals surface area contributed by atoms with Gasteiger partial charge in [-0.2, -0.15) is 0 Å². The first kappa shape index (κ1) is 7.13. The van der Waals surface area contributed by atoms with Crippen molar-refractivity contribution in [2.24, 2.45) is 0 Å². The van der Waals surface area contributed by atoms with Gasteiger partial charge in [-0.05, 0) is 18.4 Å². The molecule has 0 saturated carbocycles. The van der Waals surface area contributed by atoms with Crippen molar-refractivity contribution in [2.75, 3.05) is 7.11 Å². The Bertz CT molecular complexity index is 323. The Balaban J connectivity index is 2.53. The molecule has 1 rings (SSSR count). The molecule has 2 nitrogen and oxygen atoms in total. The molecule has 0 aliphatic rings. The van der Waals surface area contributed by atoms with Crippen molar-refractivity contribution >= 4 is 5.97 Å². The highest BCUT2D eigenvalue weighted by Crippen LogP contribution is 2.04. The van der Waals surface area contributed by atoms with E-state index in [9.17, 15) is 4.79 Å². The first-order valence-electron chi connectivity index (χ1n) is 5.18. The largest absolute Gasteiger partial charge is 0.469 e. The summed E-state index contributed by atoms with van der Waals surface area (Å²) < 4.78 is 19.3. The van der Waals surface area contributed by atoms with Crippen molar-refractivity contribution in [1.82, 2.24) is 0 Å². The number of hydrogen-bond donors (Lipinski definition) is 0. The molecule has 70 valence electrons. The van der Waals surface area contributed by atoms with Crippen molar-refractivity contribution in [3.8, 4) is 0 Å². The average molecular weight is 180 g/mol. The summed E-state index contributed by atoms with van der Waals surface area (Å²) in [4.78, 5) is 11.1. The first-order chi connectivity index (χ1) is 7.06. The summed E-state index contributed by atoms with van der Waals surface area (Å²) in [5.41, 5.74) is 1.02. The van der Waals surface area contributed by atoms with Gasteiger partial charge in [-0.3, -0.25) is 4.79 Å². The number of carbonyl (C=O) groups excluding carboxylic acids is 1. The molecule has 0 bridgehead atoms. The van der Waals surface area contributed by atoms with E-state index in [4.69, 9.17) is 2.74 Å². The minimum atomic E-state index is -1.90. The summed E-state index contributed by atoms with van der Waals surface area (Å²) in [7, 11) is 1.20. The van der Waals surface area contributed by atoms with Crippen LogP contribution in [0.15, 0.2) is 30.3 Å². The topological polar surface area (TPSA) is 26.3 Å². The SMILES string of the molecule is [2H]C([2H])(CCc1ccccc1)C(=O)OC. The van der Waals surface area contributed by atoms with E-state index in [2.05, 4.69) is 4.74 Å². The normalized spacial score (nSPS) is 13.0. The predicted octanol–water partition coefficient (Wildman–Crippen LogP) is 2.18. The molecule has 0 heterocycles. The molecule has 1 aromatic carbocycles. The fourth-order valence-electron chi connectivity index (χ4n) is 1.03. The van der Waals surface area contributed by atoms with Crippen LogP contribution < -0.4 is 0 Å². The van der Waals surface area contributed by atoms with Crippen molar-refractivity contribution in [3.05, 3.63) is 35.9 Å². The van der Waals surface area contributed by atoms with Gasteiger partial charge in [0.05, 0.1) is 7.11 Å². The van der Waals surface area contributed by atoms with Crippen LogP contribution in [0.25, 0.3) is 0 Å². The lowest BCUT2D eigenvalue weighted by atomic mass is 10.1. The second kappa shape index (κ2) is 5.36. The van der Waals surface area contributed by atoms with Crippen LogP contribution in [-0.2, 0) is 16.0 Å². The Morgan fingerprint density at radius 3 is 2.77 bits per heavy atom. The van der Waals surface area contributed by atoms with Gasteiger partial charge in [0, 0.05) is 9.11 Å². The van der Waals surface area contributed by atoms with Gasteiger partial charge in [0.2, 0.25) is 0 Å². The average Bonchev–Trinajstić information content (AvgIpc) is 2.27. The van der Waals surface area contributed by atoms with Gasteiger partial charge in [0.15, 0.2) is 0 Å². The molecule has 0 aromatic heterocycles. The summed E-state index contributed by atoms with van der Waals surface area (Å²) in [6, 6.07) is 9.51. The van der Waals surface area contributed by atoms with Crippen LogP contribution in [0.4, 0.5) is 0 Å². The highest BCUT2D eigenvalue weighted by Gasteiger charge is 1.99. The van der Waals surface area contributed by atoms with Gasteiger partial charge >= 0.3 is 5.97 Å². The monoisotopic (exact) mass is 180 g/mol. The van der Waals surface area contributed by atoms with Gasteiger partial charge in [-0.1, -0.05) is 30.3 Å². The lowest BCUT2D eigenvalue weighted by Gasteiger charge is -1.99. The number of carbonyl (C=O) groups is 1. The summed E-state index contributed by atoms with van der Waals surface area (Å²) >= 11 is 0. The zero-order valence-corrected chi connectivity index (χ0v) is 7.62. The first-order valence-corrected chi connectivity index (χ1v) is 4.18. The van der Waals surface area contributed by atoms with Crippen LogP contribution in [0.1, 0.15) is 21.1 Å². The van der Waals surface area contributed by atoms with Crippen LogP contribution in [-0.4, -0.2) is 13.1 Å². The van der Waals surface area contributed by atoms with Crippen LogP contribution >= 0.6 is 0 Å². The van der Waals surface area contributed by atoms with Crippen molar-refractivity contribution in [2.45, 2.75) is 19.2 Å². The van der Waals surface area contributed by atoms with Crippen molar-refractivity contribution in [3.63, 3.8) is 0 Å². The van der Waals surface area contributed by atoms with E-state index < -0.39 is 12.3 Å². The maximum absolute atomic E-state index is 11.1. The molecule has 2 heteroatoms. The standard InChI is InChI=1S/C11H14O2/c1-13-11(12)9-5-8-10-6-3-2-4-7-10/h2-4,6-7H,5,8-9H2,1H3/i9D2. The third-order valence-electron chi connectivity index (χ3n) is 1.71. The quantitative estimate of drug-likeness (QED) is 0.664. The smallest absolute Gasteiger partial charge is 0.305 e. The Morgan fingerprint density at radius 2 is 2.15 bits per heavy atom. The number of aryl methyl sites for hydroxylation is 1. The van der Waals surface area contributed by atoms with E-state index >= 15 is 0 Å². The molecular weight excluding hydrogens is 164 g/mol. The molecule has 0 aliphatic carbocycles. The number of methoxy groups -OCH3 is 1. The molecule has 0 N–H and O–H groups in total. The Kier molecular flexibility index (Phi) is 2.94. The van der Waals surface area contributed by atoms with Crippen LogP contribution in [0.2, 0.25) is 0 Å². The van der Waals surface area contributed by atoms with Crippen LogP contribution in [0.5, 0.6) is 0 Å². The third kappa shape index (κ3) is 3.74. The zero-order chi connectivity index (χ0) is 11.3. The van der Waals surface area contributed by atoms with Gasteiger partial charge in [0.25, 0.3) is 0 Å². The molecule has 1 aromatic rings. The maximum Gasteiger partial charge on any atom is 0.305 e.